The number of benzene rings is 1. The maximum absolute atomic E-state index is 8.71. The van der Waals surface area contributed by atoms with E-state index in [1.54, 1.807) is 0 Å². The molecule has 1 aromatic carbocycles. The third-order valence-electron chi connectivity index (χ3n) is 4.61. The molecule has 1 aliphatic heterocycles. The molecule has 0 bridgehead atoms. The van der Waals surface area contributed by atoms with Crippen LogP contribution in [0.2, 0.25) is 0 Å². The van der Waals surface area contributed by atoms with Crippen molar-refractivity contribution in [3.8, 4) is 0 Å². The monoisotopic (exact) mass is 327 g/mol. The first-order valence-corrected chi connectivity index (χ1v) is 8.10. The third-order valence-corrected chi connectivity index (χ3v) is 4.61. The van der Waals surface area contributed by atoms with E-state index < -0.39 is 20.2 Å². The lowest BCUT2D eigenvalue weighted by atomic mass is 10.0. The second kappa shape index (κ2) is 6.06. The zero-order chi connectivity index (χ0) is 23.5. The van der Waals surface area contributed by atoms with Gasteiger partial charge in [0.2, 0.25) is 0 Å². The second-order valence-corrected chi connectivity index (χ2v) is 6.31. The summed E-state index contributed by atoms with van der Waals surface area (Å²) >= 11 is 0. The van der Waals surface area contributed by atoms with E-state index in [2.05, 4.69) is 4.98 Å². The van der Waals surface area contributed by atoms with Crippen molar-refractivity contribution >= 4 is 10.9 Å². The lowest BCUT2D eigenvalue weighted by Gasteiger charge is -2.24. The molecule has 3 heteroatoms. The van der Waals surface area contributed by atoms with E-state index in [0.717, 1.165) is 27.7 Å². The molecule has 3 heterocycles. The molecule has 0 fully saturated rings. The van der Waals surface area contributed by atoms with Gasteiger partial charge >= 0.3 is 0 Å². The summed E-state index contributed by atoms with van der Waals surface area (Å²) in [4.78, 5) is 5.44. The first kappa shape index (κ1) is 8.82. The van der Waals surface area contributed by atoms with Gasteiger partial charge in [0.05, 0.1) is 0 Å². The van der Waals surface area contributed by atoms with Crippen molar-refractivity contribution in [3.05, 3.63) is 64.6 Å². The minimum atomic E-state index is -2.34. The highest BCUT2D eigenvalue weighted by atomic mass is 15.1. The van der Waals surface area contributed by atoms with Crippen LogP contribution in [0, 0.1) is 13.8 Å². The van der Waals surface area contributed by atoms with Gasteiger partial charge < -0.3 is 9.47 Å². The van der Waals surface area contributed by atoms with Crippen LogP contribution >= 0.6 is 0 Å². The Hall–Kier alpha value is -2.13. The summed E-state index contributed by atoms with van der Waals surface area (Å²) < 4.78 is 65.1. The number of pyridine rings is 1. The Morgan fingerprint density at radius 3 is 3.04 bits per heavy atom. The minimum Gasteiger partial charge on any atom is -0.344 e. The van der Waals surface area contributed by atoms with Crippen LogP contribution in [-0.4, -0.2) is 28.0 Å². The fraction of sp³-hybridized carbons (Fsp3) is 0.381. The highest BCUT2D eigenvalue weighted by Crippen LogP contribution is 2.31. The molecule has 0 amide bonds. The molecule has 0 radical (unpaired) electrons. The number of rotatable bonds is 3. The SMILES string of the molecule is [2H]C([2H])([2H])c1ccc(C([2H])([2H])Cn2c3c(c4cc(C)ccc42)CN(C([2H])([2H])[2H])CC3)cn1. The Kier molecular flexibility index (Phi) is 2.23. The Morgan fingerprint density at radius 2 is 2.25 bits per heavy atom. The summed E-state index contributed by atoms with van der Waals surface area (Å²) in [6.45, 7) is -1.86. The molecule has 0 aliphatic carbocycles. The van der Waals surface area contributed by atoms with Crippen LogP contribution in [0.25, 0.3) is 10.9 Å². The fourth-order valence-electron chi connectivity index (χ4n) is 3.41. The lowest BCUT2D eigenvalue weighted by molar-refractivity contribution is 0.309. The van der Waals surface area contributed by atoms with Crippen LogP contribution in [0.1, 0.15) is 39.0 Å². The standard InChI is InChI=1S/C21H25N3/c1-15-4-7-20-18(12-15)19-14-23(3)10-9-21(19)24(20)11-8-17-6-5-16(2)22-13-17/h4-7,12-13H,8-11,14H2,1-3H3/i2D3,3D3,8D2. The fourth-order valence-corrected chi connectivity index (χ4v) is 3.41. The molecular formula is C21H25N3. The molecule has 3 nitrogen and oxygen atoms in total. The topological polar surface area (TPSA) is 21.1 Å². The lowest BCUT2D eigenvalue weighted by Crippen LogP contribution is -2.27. The zero-order valence-corrected chi connectivity index (χ0v) is 13.6. The number of hydrogen-bond donors (Lipinski definition) is 0. The maximum Gasteiger partial charge on any atom is 0.0486 e. The van der Waals surface area contributed by atoms with Crippen molar-refractivity contribution in [2.24, 2.45) is 0 Å². The van der Waals surface area contributed by atoms with Crippen LogP contribution in [0.4, 0.5) is 0 Å². The summed E-state index contributed by atoms with van der Waals surface area (Å²) in [5, 5.41) is 0.945. The third kappa shape index (κ3) is 2.73. The van der Waals surface area contributed by atoms with Crippen molar-refractivity contribution in [1.29, 1.82) is 0 Å². The Bertz CT molecular complexity index is 1140. The van der Waals surface area contributed by atoms with Crippen molar-refractivity contribution in [3.63, 3.8) is 0 Å². The maximum atomic E-state index is 8.71. The largest absolute Gasteiger partial charge is 0.344 e. The van der Waals surface area contributed by atoms with E-state index in [1.807, 2.05) is 29.7 Å². The Morgan fingerprint density at radius 1 is 1.29 bits per heavy atom. The van der Waals surface area contributed by atoms with Crippen LogP contribution in [0.15, 0.2) is 36.5 Å². The van der Waals surface area contributed by atoms with Crippen LogP contribution in [0.5, 0.6) is 0 Å². The molecule has 24 heavy (non-hydrogen) atoms. The summed E-state index contributed by atoms with van der Waals surface area (Å²) in [5.41, 5.74) is 4.02. The predicted molar refractivity (Wildman–Crippen MR) is 99.4 cm³/mol. The molecule has 124 valence electrons. The summed E-state index contributed by atoms with van der Waals surface area (Å²) in [7, 11) is 0. The Labute approximate surface area is 155 Å². The average Bonchev–Trinajstić information content (AvgIpc) is 2.99. The van der Waals surface area contributed by atoms with E-state index in [0.29, 0.717) is 18.5 Å². The number of nitrogens with zero attached hydrogens (tertiary/aromatic N) is 3. The quantitative estimate of drug-likeness (QED) is 0.728. The number of aryl methyl sites for hydroxylation is 4. The van der Waals surface area contributed by atoms with Crippen LogP contribution < -0.4 is 0 Å². The summed E-state index contributed by atoms with van der Waals surface area (Å²) in [5.74, 6) is 0. The van der Waals surface area contributed by atoms with E-state index >= 15 is 0 Å². The van der Waals surface area contributed by atoms with E-state index in [9.17, 15) is 0 Å². The molecule has 0 spiro atoms. The first-order chi connectivity index (χ1) is 14.8. The van der Waals surface area contributed by atoms with Gasteiger partial charge in [0, 0.05) is 65.5 Å². The van der Waals surface area contributed by atoms with Gasteiger partial charge in [-0.2, -0.15) is 0 Å². The highest BCUT2D eigenvalue weighted by Gasteiger charge is 2.22. The van der Waals surface area contributed by atoms with E-state index in [4.69, 9.17) is 11.0 Å². The molecule has 0 atom stereocenters. The van der Waals surface area contributed by atoms with Gasteiger partial charge in [-0.05, 0) is 56.5 Å². The van der Waals surface area contributed by atoms with Crippen molar-refractivity contribution in [2.75, 3.05) is 13.5 Å². The molecule has 4 rings (SSSR count). The molecular weight excluding hydrogens is 294 g/mol. The van der Waals surface area contributed by atoms with Crippen LogP contribution in [0.3, 0.4) is 0 Å². The van der Waals surface area contributed by atoms with Crippen LogP contribution in [-0.2, 0) is 25.9 Å². The van der Waals surface area contributed by atoms with Gasteiger partial charge in [0.25, 0.3) is 0 Å². The van der Waals surface area contributed by atoms with Crippen molar-refractivity contribution in [1.82, 2.24) is 14.5 Å². The minimum absolute atomic E-state index is 0.0183. The molecule has 0 saturated heterocycles. The second-order valence-electron chi connectivity index (χ2n) is 6.31. The zero-order valence-electron chi connectivity index (χ0n) is 21.6. The molecule has 0 unspecified atom stereocenters. The van der Waals surface area contributed by atoms with E-state index in [-0.39, 0.29) is 18.8 Å². The normalized spacial score (nSPS) is 21.5. The molecule has 2 aromatic heterocycles. The predicted octanol–water partition coefficient (Wildman–Crippen LogP) is 3.88. The smallest absolute Gasteiger partial charge is 0.0486 e. The summed E-state index contributed by atoms with van der Waals surface area (Å²) in [6, 6.07) is 8.77. The average molecular weight is 328 g/mol. The van der Waals surface area contributed by atoms with Gasteiger partial charge in [-0.25, -0.2) is 0 Å². The van der Waals surface area contributed by atoms with Gasteiger partial charge in [-0.15, -0.1) is 0 Å². The Balaban J connectivity index is 1.75. The van der Waals surface area contributed by atoms with Crippen molar-refractivity contribution < 1.29 is 11.0 Å². The van der Waals surface area contributed by atoms with Crippen molar-refractivity contribution in [2.45, 2.75) is 39.7 Å². The molecule has 1 aliphatic rings. The first-order valence-electron chi connectivity index (χ1n) is 12.1. The summed E-state index contributed by atoms with van der Waals surface area (Å²) in [6.07, 6.45) is 0.000158. The number of aromatic nitrogens is 2. The highest BCUT2D eigenvalue weighted by molar-refractivity contribution is 5.86. The molecule has 3 aromatic rings. The van der Waals surface area contributed by atoms with Gasteiger partial charge in [0.1, 0.15) is 0 Å². The van der Waals surface area contributed by atoms with Gasteiger partial charge in [-0.1, -0.05) is 17.7 Å². The molecule has 0 N–H and O–H groups in total. The van der Waals surface area contributed by atoms with E-state index in [1.165, 1.54) is 23.2 Å². The molecule has 0 saturated carbocycles. The number of fused-ring (bicyclic) bond motifs is 3. The van der Waals surface area contributed by atoms with Gasteiger partial charge in [-0.3, -0.25) is 4.98 Å². The number of hydrogen-bond acceptors (Lipinski definition) is 2. The number of likely N-dealkylation sites (N-methyl/N-ethyl adjacent to an activating group) is 1. The van der Waals surface area contributed by atoms with Gasteiger partial charge in [0.15, 0.2) is 0 Å².